The molecule has 0 spiro atoms. The minimum atomic E-state index is -4.35. The van der Waals surface area contributed by atoms with E-state index in [1.807, 2.05) is 0 Å². The fraction of sp³-hybridized carbons (Fsp3) is 0.625. The number of alkyl halides is 3. The quantitative estimate of drug-likeness (QED) is 0.871. The van der Waals surface area contributed by atoms with Gasteiger partial charge in [-0.2, -0.15) is 13.2 Å². The summed E-state index contributed by atoms with van der Waals surface area (Å²) in [7, 11) is 0. The van der Waals surface area contributed by atoms with Crippen molar-refractivity contribution in [1.82, 2.24) is 9.80 Å². The van der Waals surface area contributed by atoms with Gasteiger partial charge in [0.1, 0.15) is 0 Å². The average molecular weight is 313 g/mol. The molecule has 1 atom stereocenters. The SMILES string of the molecule is Nc1ccc(CN2CC[C@H](N3CCCC3)C2)c(C(F)(F)F)c1. The number of rotatable bonds is 3. The normalized spacial score (nSPS) is 24.2. The number of benzene rings is 1. The molecule has 0 unspecified atom stereocenters. The first-order valence-electron chi connectivity index (χ1n) is 7.85. The molecule has 2 aliphatic rings. The van der Waals surface area contributed by atoms with Gasteiger partial charge in [0, 0.05) is 31.4 Å². The van der Waals surface area contributed by atoms with Gasteiger partial charge in [-0.25, -0.2) is 0 Å². The van der Waals surface area contributed by atoms with E-state index in [0.29, 0.717) is 18.2 Å². The molecule has 0 saturated carbocycles. The minimum absolute atomic E-state index is 0.160. The smallest absolute Gasteiger partial charge is 0.399 e. The Morgan fingerprint density at radius 1 is 1.14 bits per heavy atom. The van der Waals surface area contributed by atoms with Crippen LogP contribution in [0.5, 0.6) is 0 Å². The van der Waals surface area contributed by atoms with Crippen LogP contribution in [0.1, 0.15) is 30.4 Å². The zero-order chi connectivity index (χ0) is 15.7. The molecule has 2 N–H and O–H groups in total. The summed E-state index contributed by atoms with van der Waals surface area (Å²) in [5.41, 5.74) is 5.40. The Labute approximate surface area is 128 Å². The standard InChI is InChI=1S/C16H22F3N3/c17-16(18,19)15-9-13(20)4-3-12(15)10-21-8-5-14(11-21)22-6-1-2-7-22/h3-4,9,14H,1-2,5-8,10-11,20H2/t14-/m0/s1. The molecule has 0 amide bonds. The van der Waals surface area contributed by atoms with E-state index >= 15 is 0 Å². The van der Waals surface area contributed by atoms with Gasteiger partial charge in [-0.1, -0.05) is 6.07 Å². The first-order chi connectivity index (χ1) is 10.4. The molecule has 2 fully saturated rings. The van der Waals surface area contributed by atoms with E-state index < -0.39 is 11.7 Å². The van der Waals surface area contributed by atoms with Crippen LogP contribution in [0.15, 0.2) is 18.2 Å². The predicted molar refractivity (Wildman–Crippen MR) is 80.3 cm³/mol. The van der Waals surface area contributed by atoms with E-state index in [9.17, 15) is 13.2 Å². The first kappa shape index (κ1) is 15.6. The molecular weight excluding hydrogens is 291 g/mol. The molecule has 0 aliphatic carbocycles. The third-order valence-corrected chi connectivity index (χ3v) is 4.74. The van der Waals surface area contributed by atoms with Crippen LogP contribution in [-0.2, 0) is 12.7 Å². The lowest BCUT2D eigenvalue weighted by atomic mass is 10.1. The summed E-state index contributed by atoms with van der Waals surface area (Å²) >= 11 is 0. The van der Waals surface area contributed by atoms with Gasteiger partial charge in [-0.3, -0.25) is 9.80 Å². The maximum absolute atomic E-state index is 13.1. The Morgan fingerprint density at radius 2 is 1.86 bits per heavy atom. The molecule has 2 aliphatic heterocycles. The van der Waals surface area contributed by atoms with Crippen molar-refractivity contribution in [3.05, 3.63) is 29.3 Å². The van der Waals surface area contributed by atoms with Gasteiger partial charge in [0.25, 0.3) is 0 Å². The highest BCUT2D eigenvalue weighted by molar-refractivity contribution is 5.46. The molecule has 6 heteroatoms. The number of nitrogen functional groups attached to an aromatic ring is 1. The summed E-state index contributed by atoms with van der Waals surface area (Å²) in [6, 6.07) is 4.62. The van der Waals surface area contributed by atoms with Gasteiger partial charge in [0.05, 0.1) is 5.56 Å². The monoisotopic (exact) mass is 313 g/mol. The van der Waals surface area contributed by atoms with Gasteiger partial charge in [-0.05, 0) is 50.0 Å². The summed E-state index contributed by atoms with van der Waals surface area (Å²) in [5.74, 6) is 0. The topological polar surface area (TPSA) is 32.5 Å². The largest absolute Gasteiger partial charge is 0.416 e. The number of nitrogens with two attached hydrogens (primary N) is 1. The van der Waals surface area contributed by atoms with E-state index in [1.165, 1.54) is 18.9 Å². The lowest BCUT2D eigenvalue weighted by Crippen LogP contribution is -2.35. The zero-order valence-electron chi connectivity index (χ0n) is 12.6. The summed E-state index contributed by atoms with van der Waals surface area (Å²) < 4.78 is 39.4. The van der Waals surface area contributed by atoms with Crippen LogP contribution in [0.2, 0.25) is 0 Å². The summed E-state index contributed by atoms with van der Waals surface area (Å²) in [5, 5.41) is 0. The van der Waals surface area contributed by atoms with Crippen molar-refractivity contribution in [2.24, 2.45) is 0 Å². The van der Waals surface area contributed by atoms with Crippen molar-refractivity contribution in [3.63, 3.8) is 0 Å². The third kappa shape index (κ3) is 3.38. The second kappa shape index (κ2) is 6.08. The molecule has 3 rings (SSSR count). The van der Waals surface area contributed by atoms with E-state index in [0.717, 1.165) is 38.7 Å². The molecule has 2 heterocycles. The van der Waals surface area contributed by atoms with E-state index in [4.69, 9.17) is 5.73 Å². The number of hydrogen-bond acceptors (Lipinski definition) is 3. The molecule has 3 nitrogen and oxygen atoms in total. The van der Waals surface area contributed by atoms with Gasteiger partial charge < -0.3 is 5.73 Å². The van der Waals surface area contributed by atoms with Crippen molar-refractivity contribution >= 4 is 5.69 Å². The van der Waals surface area contributed by atoms with E-state index in [2.05, 4.69) is 9.80 Å². The van der Waals surface area contributed by atoms with Gasteiger partial charge in [0.2, 0.25) is 0 Å². The number of anilines is 1. The zero-order valence-corrected chi connectivity index (χ0v) is 12.6. The molecule has 1 aromatic carbocycles. The second-order valence-corrected chi connectivity index (χ2v) is 6.34. The number of hydrogen-bond donors (Lipinski definition) is 1. The fourth-order valence-electron chi connectivity index (χ4n) is 3.60. The summed E-state index contributed by atoms with van der Waals surface area (Å²) in [6.45, 7) is 4.34. The molecule has 122 valence electrons. The average Bonchev–Trinajstić information content (AvgIpc) is 3.10. The van der Waals surface area contributed by atoms with Crippen molar-refractivity contribution in [2.45, 2.75) is 38.0 Å². The minimum Gasteiger partial charge on any atom is -0.399 e. The highest BCUT2D eigenvalue weighted by Crippen LogP contribution is 2.34. The van der Waals surface area contributed by atoms with Crippen LogP contribution >= 0.6 is 0 Å². The van der Waals surface area contributed by atoms with Crippen LogP contribution in [0.25, 0.3) is 0 Å². The van der Waals surface area contributed by atoms with Gasteiger partial charge in [0.15, 0.2) is 0 Å². The Kier molecular flexibility index (Phi) is 4.32. The van der Waals surface area contributed by atoms with E-state index in [-0.39, 0.29) is 5.69 Å². The van der Waals surface area contributed by atoms with Gasteiger partial charge in [-0.15, -0.1) is 0 Å². The molecular formula is C16H22F3N3. The molecule has 1 aromatic rings. The third-order valence-electron chi connectivity index (χ3n) is 4.74. The number of halogens is 3. The molecule has 0 bridgehead atoms. The van der Waals surface area contributed by atoms with Crippen molar-refractivity contribution in [1.29, 1.82) is 0 Å². The Bertz CT molecular complexity index is 524. The number of likely N-dealkylation sites (tertiary alicyclic amines) is 2. The molecule has 22 heavy (non-hydrogen) atoms. The highest BCUT2D eigenvalue weighted by atomic mass is 19.4. The fourth-order valence-corrected chi connectivity index (χ4v) is 3.60. The maximum Gasteiger partial charge on any atom is 0.416 e. The van der Waals surface area contributed by atoms with E-state index in [1.54, 1.807) is 6.07 Å². The van der Waals surface area contributed by atoms with Crippen molar-refractivity contribution < 1.29 is 13.2 Å². The predicted octanol–water partition coefficient (Wildman–Crippen LogP) is 2.96. The van der Waals surface area contributed by atoms with Crippen LogP contribution in [-0.4, -0.2) is 42.0 Å². The van der Waals surface area contributed by atoms with Crippen LogP contribution in [0.3, 0.4) is 0 Å². The van der Waals surface area contributed by atoms with Crippen molar-refractivity contribution in [3.8, 4) is 0 Å². The van der Waals surface area contributed by atoms with Gasteiger partial charge >= 0.3 is 6.18 Å². The number of nitrogens with zero attached hydrogens (tertiary/aromatic N) is 2. The highest BCUT2D eigenvalue weighted by Gasteiger charge is 2.35. The summed E-state index contributed by atoms with van der Waals surface area (Å²) in [4.78, 5) is 4.61. The lowest BCUT2D eigenvalue weighted by molar-refractivity contribution is -0.138. The summed E-state index contributed by atoms with van der Waals surface area (Å²) in [6.07, 6.45) is -0.811. The Morgan fingerprint density at radius 3 is 2.55 bits per heavy atom. The van der Waals surface area contributed by atoms with Crippen LogP contribution in [0.4, 0.5) is 18.9 Å². The Balaban J connectivity index is 1.69. The lowest BCUT2D eigenvalue weighted by Gasteiger charge is -2.24. The maximum atomic E-state index is 13.1. The Hall–Kier alpha value is -1.27. The molecule has 0 aromatic heterocycles. The molecule has 2 saturated heterocycles. The van der Waals surface area contributed by atoms with Crippen LogP contribution in [0, 0.1) is 0 Å². The van der Waals surface area contributed by atoms with Crippen molar-refractivity contribution in [2.75, 3.05) is 31.9 Å². The second-order valence-electron chi connectivity index (χ2n) is 6.34. The first-order valence-corrected chi connectivity index (χ1v) is 7.85. The van der Waals surface area contributed by atoms with Crippen LogP contribution < -0.4 is 5.73 Å². The molecule has 0 radical (unpaired) electrons.